The number of nitrogens with one attached hydrogen (secondary N) is 2. The van der Waals surface area contributed by atoms with Gasteiger partial charge in [-0.25, -0.2) is 0 Å². The molecule has 0 bridgehead atoms. The van der Waals surface area contributed by atoms with Crippen LogP contribution in [0.5, 0.6) is 0 Å². The van der Waals surface area contributed by atoms with E-state index >= 15 is 0 Å². The second-order valence-electron chi connectivity index (χ2n) is 5.80. The van der Waals surface area contributed by atoms with Crippen LogP contribution in [0.25, 0.3) is 0 Å². The van der Waals surface area contributed by atoms with Gasteiger partial charge in [0.05, 0.1) is 13.2 Å². The van der Waals surface area contributed by atoms with Crippen LogP contribution in [-0.2, 0) is 4.74 Å². The summed E-state index contributed by atoms with van der Waals surface area (Å²) in [7, 11) is 0. The summed E-state index contributed by atoms with van der Waals surface area (Å²) in [6.45, 7) is 12.8. The fourth-order valence-electron chi connectivity index (χ4n) is 1.76. The minimum atomic E-state index is 0.366. The van der Waals surface area contributed by atoms with Gasteiger partial charge in [0, 0.05) is 25.2 Å². The molecule has 3 heteroatoms. The minimum absolute atomic E-state index is 0.366. The van der Waals surface area contributed by atoms with Crippen LogP contribution >= 0.6 is 0 Å². The summed E-state index contributed by atoms with van der Waals surface area (Å²) >= 11 is 0. The summed E-state index contributed by atoms with van der Waals surface area (Å²) in [5, 5.41) is 7.06. The van der Waals surface area contributed by atoms with E-state index in [9.17, 15) is 0 Å². The van der Waals surface area contributed by atoms with Crippen molar-refractivity contribution in [3.05, 3.63) is 0 Å². The molecule has 0 radical (unpaired) electrons. The van der Waals surface area contributed by atoms with Crippen molar-refractivity contribution < 1.29 is 4.74 Å². The highest BCUT2D eigenvalue weighted by atomic mass is 16.5. The normalized spacial score (nSPS) is 25.2. The second-order valence-corrected chi connectivity index (χ2v) is 5.80. The maximum absolute atomic E-state index is 5.44. The van der Waals surface area contributed by atoms with Crippen LogP contribution in [0.3, 0.4) is 0 Å². The Labute approximate surface area is 94.0 Å². The van der Waals surface area contributed by atoms with Gasteiger partial charge in [-0.2, -0.15) is 0 Å². The first kappa shape index (κ1) is 12.9. The van der Waals surface area contributed by atoms with Crippen molar-refractivity contribution in [3.8, 4) is 0 Å². The molecule has 0 aromatic rings. The lowest BCUT2D eigenvalue weighted by Gasteiger charge is -2.28. The molecular weight excluding hydrogens is 188 g/mol. The number of rotatable bonds is 4. The highest BCUT2D eigenvalue weighted by molar-refractivity contribution is 4.77. The third kappa shape index (κ3) is 6.13. The van der Waals surface area contributed by atoms with Crippen LogP contribution < -0.4 is 10.6 Å². The summed E-state index contributed by atoms with van der Waals surface area (Å²) in [6.07, 6.45) is 1.15. The van der Waals surface area contributed by atoms with Crippen LogP contribution in [0, 0.1) is 5.41 Å². The maximum Gasteiger partial charge on any atom is 0.0620 e. The summed E-state index contributed by atoms with van der Waals surface area (Å²) in [6, 6.07) is 1.09. The van der Waals surface area contributed by atoms with E-state index < -0.39 is 0 Å². The molecule has 0 aliphatic carbocycles. The third-order valence-corrected chi connectivity index (χ3v) is 2.62. The van der Waals surface area contributed by atoms with E-state index in [2.05, 4.69) is 38.3 Å². The van der Waals surface area contributed by atoms with Crippen molar-refractivity contribution in [3.63, 3.8) is 0 Å². The Morgan fingerprint density at radius 3 is 2.73 bits per heavy atom. The summed E-state index contributed by atoms with van der Waals surface area (Å²) < 4.78 is 5.44. The van der Waals surface area contributed by atoms with Gasteiger partial charge in [-0.15, -0.1) is 0 Å². The molecule has 1 heterocycles. The summed E-state index contributed by atoms with van der Waals surface area (Å²) in [5.74, 6) is 0. The molecule has 0 aromatic heterocycles. The predicted octanol–water partition coefficient (Wildman–Crippen LogP) is 1.39. The lowest BCUT2D eigenvalue weighted by atomic mass is 9.96. The van der Waals surface area contributed by atoms with E-state index in [1.54, 1.807) is 0 Å². The first-order chi connectivity index (χ1) is 6.97. The SMILES string of the molecule is CC(CC1COCCN1)NCC(C)(C)C. The Bertz CT molecular complexity index is 171. The van der Waals surface area contributed by atoms with Crippen molar-refractivity contribution in [1.29, 1.82) is 0 Å². The zero-order chi connectivity index (χ0) is 11.3. The van der Waals surface area contributed by atoms with Crippen molar-refractivity contribution in [2.75, 3.05) is 26.3 Å². The molecule has 2 N–H and O–H groups in total. The molecule has 1 rings (SSSR count). The topological polar surface area (TPSA) is 33.3 Å². The Morgan fingerprint density at radius 2 is 2.20 bits per heavy atom. The lowest BCUT2D eigenvalue weighted by Crippen LogP contribution is -2.45. The summed E-state index contributed by atoms with van der Waals surface area (Å²) in [4.78, 5) is 0. The number of hydrogen-bond acceptors (Lipinski definition) is 3. The minimum Gasteiger partial charge on any atom is -0.379 e. The average Bonchev–Trinajstić information content (AvgIpc) is 2.15. The molecule has 0 saturated carbocycles. The van der Waals surface area contributed by atoms with Gasteiger partial charge in [0.15, 0.2) is 0 Å². The van der Waals surface area contributed by atoms with Crippen molar-refractivity contribution in [2.45, 2.75) is 46.2 Å². The Balaban J connectivity index is 2.14. The van der Waals surface area contributed by atoms with E-state index in [0.29, 0.717) is 17.5 Å². The molecule has 1 aliphatic heterocycles. The molecule has 2 unspecified atom stereocenters. The highest BCUT2D eigenvalue weighted by Crippen LogP contribution is 2.11. The van der Waals surface area contributed by atoms with Crippen molar-refractivity contribution >= 4 is 0 Å². The number of morpholine rings is 1. The quantitative estimate of drug-likeness (QED) is 0.742. The zero-order valence-electron chi connectivity index (χ0n) is 10.6. The van der Waals surface area contributed by atoms with Crippen LogP contribution in [0.15, 0.2) is 0 Å². The molecule has 15 heavy (non-hydrogen) atoms. The molecule has 0 amide bonds. The molecular formula is C12H26N2O. The molecule has 1 fully saturated rings. The maximum atomic E-state index is 5.44. The first-order valence-electron chi connectivity index (χ1n) is 6.02. The third-order valence-electron chi connectivity index (χ3n) is 2.62. The van der Waals surface area contributed by atoms with E-state index in [1.807, 2.05) is 0 Å². The Kier molecular flexibility index (Phi) is 5.03. The van der Waals surface area contributed by atoms with E-state index in [0.717, 1.165) is 32.7 Å². The molecule has 0 aromatic carbocycles. The van der Waals surface area contributed by atoms with Crippen molar-refractivity contribution in [1.82, 2.24) is 10.6 Å². The number of ether oxygens (including phenoxy) is 1. The average molecular weight is 214 g/mol. The zero-order valence-corrected chi connectivity index (χ0v) is 10.6. The van der Waals surface area contributed by atoms with E-state index in [4.69, 9.17) is 4.74 Å². The van der Waals surface area contributed by atoms with Crippen LogP contribution in [0.2, 0.25) is 0 Å². The summed E-state index contributed by atoms with van der Waals surface area (Å²) in [5.41, 5.74) is 0.366. The van der Waals surface area contributed by atoms with Crippen molar-refractivity contribution in [2.24, 2.45) is 5.41 Å². The van der Waals surface area contributed by atoms with Gasteiger partial charge in [0.1, 0.15) is 0 Å². The molecule has 0 spiro atoms. The molecule has 3 nitrogen and oxygen atoms in total. The van der Waals surface area contributed by atoms with Crippen LogP contribution in [-0.4, -0.2) is 38.4 Å². The monoisotopic (exact) mass is 214 g/mol. The Morgan fingerprint density at radius 1 is 1.47 bits per heavy atom. The van der Waals surface area contributed by atoms with Gasteiger partial charge in [0.25, 0.3) is 0 Å². The molecule has 1 aliphatic rings. The van der Waals surface area contributed by atoms with Gasteiger partial charge >= 0.3 is 0 Å². The van der Waals surface area contributed by atoms with Gasteiger partial charge < -0.3 is 15.4 Å². The fraction of sp³-hybridized carbons (Fsp3) is 1.00. The van der Waals surface area contributed by atoms with Gasteiger partial charge in [-0.05, 0) is 18.8 Å². The van der Waals surface area contributed by atoms with E-state index in [1.165, 1.54) is 0 Å². The van der Waals surface area contributed by atoms with Crippen LogP contribution in [0.1, 0.15) is 34.1 Å². The van der Waals surface area contributed by atoms with Gasteiger partial charge in [-0.3, -0.25) is 0 Å². The van der Waals surface area contributed by atoms with Crippen LogP contribution in [0.4, 0.5) is 0 Å². The molecule has 2 atom stereocenters. The van der Waals surface area contributed by atoms with Gasteiger partial charge in [-0.1, -0.05) is 20.8 Å². The number of hydrogen-bond donors (Lipinski definition) is 2. The second kappa shape index (κ2) is 5.83. The standard InChI is InChI=1S/C12H26N2O/c1-10(14-9-12(2,3)4)7-11-8-15-6-5-13-11/h10-11,13-14H,5-9H2,1-4H3. The Hall–Kier alpha value is -0.120. The fourth-order valence-corrected chi connectivity index (χ4v) is 1.76. The predicted molar refractivity (Wildman–Crippen MR) is 64.1 cm³/mol. The smallest absolute Gasteiger partial charge is 0.0620 e. The molecule has 1 saturated heterocycles. The first-order valence-corrected chi connectivity index (χ1v) is 6.02. The largest absolute Gasteiger partial charge is 0.379 e. The van der Waals surface area contributed by atoms with E-state index in [-0.39, 0.29) is 0 Å². The highest BCUT2D eigenvalue weighted by Gasteiger charge is 2.17. The van der Waals surface area contributed by atoms with Gasteiger partial charge in [0.2, 0.25) is 0 Å². The lowest BCUT2D eigenvalue weighted by molar-refractivity contribution is 0.0709. The molecule has 90 valence electrons.